The van der Waals surface area contributed by atoms with E-state index >= 15 is 0 Å². The average Bonchev–Trinajstić information content (AvgIpc) is 2.05. The molecule has 0 saturated heterocycles. The van der Waals surface area contributed by atoms with E-state index in [0.29, 0.717) is 5.56 Å². The molecular weight excluding hydrogens is 183 g/mol. The smallest absolute Gasteiger partial charge is 0.547 e. The normalized spacial score (nSPS) is 11.4. The molecule has 58 valence electrons. The summed E-state index contributed by atoms with van der Waals surface area (Å²) < 4.78 is 0. The molecule has 1 aromatic carbocycles. The van der Waals surface area contributed by atoms with Crippen molar-refractivity contribution in [1.82, 2.24) is 0 Å². The number of aliphatic carboxylic acids is 1. The minimum atomic E-state index is -1.52. The Hall–Kier alpha value is 0.286. The molecule has 0 radical (unpaired) electrons. The molecule has 0 heterocycles. The molecule has 0 fully saturated rings. The van der Waals surface area contributed by atoms with Crippen LogP contribution in [0.2, 0.25) is 0 Å². The third-order valence-corrected chi connectivity index (χ3v) is 1.34. The van der Waals surface area contributed by atoms with Crippen molar-refractivity contribution in [1.29, 1.82) is 0 Å². The van der Waals surface area contributed by atoms with Crippen LogP contribution in [-0.4, -0.2) is 11.1 Å². The van der Waals surface area contributed by atoms with E-state index in [4.69, 9.17) is 5.11 Å². The number of benzene rings is 1. The van der Waals surface area contributed by atoms with E-state index in [1.54, 1.807) is 18.2 Å². The summed E-state index contributed by atoms with van der Waals surface area (Å²) in [7, 11) is 0. The number of hydrogen-bond donors (Lipinski definition) is 1. The minimum Gasteiger partial charge on any atom is -0.547 e. The summed E-state index contributed by atoms with van der Waals surface area (Å²) in [6.45, 7) is 0. The fourth-order valence-corrected chi connectivity index (χ4v) is 0.771. The first kappa shape index (κ1) is 12.3. The van der Waals surface area contributed by atoms with E-state index in [2.05, 4.69) is 0 Å². The van der Waals surface area contributed by atoms with Crippen molar-refractivity contribution >= 4 is 5.97 Å². The maximum absolute atomic E-state index is 10.1. The second-order valence-electron chi connectivity index (χ2n) is 2.13. The molecule has 0 aliphatic heterocycles. The Bertz CT molecular complexity index is 248. The van der Waals surface area contributed by atoms with Gasteiger partial charge in [0.25, 0.3) is 0 Å². The predicted octanol–water partition coefficient (Wildman–Crippen LogP) is -3.53. The first-order valence-electron chi connectivity index (χ1n) is 3.15. The quantitative estimate of drug-likeness (QED) is 0.492. The van der Waals surface area contributed by atoms with Gasteiger partial charge in [-0.05, 0) is 5.56 Å². The zero-order valence-electron chi connectivity index (χ0n) is 6.73. The van der Waals surface area contributed by atoms with E-state index in [1.165, 1.54) is 12.1 Å². The van der Waals surface area contributed by atoms with Crippen molar-refractivity contribution in [2.75, 3.05) is 0 Å². The molecule has 4 heteroatoms. The molecule has 0 saturated carbocycles. The zero-order chi connectivity index (χ0) is 8.27. The number of rotatable bonds is 2. The van der Waals surface area contributed by atoms with E-state index in [-0.39, 0.29) is 51.4 Å². The third kappa shape index (κ3) is 3.34. The van der Waals surface area contributed by atoms with Crippen LogP contribution in [0.25, 0.3) is 0 Å². The van der Waals surface area contributed by atoms with Gasteiger partial charge in [-0.1, -0.05) is 30.3 Å². The predicted molar refractivity (Wildman–Crippen MR) is 36.4 cm³/mol. The molecule has 0 spiro atoms. The van der Waals surface area contributed by atoms with Crippen molar-refractivity contribution in [3.63, 3.8) is 0 Å². The van der Waals surface area contributed by atoms with Gasteiger partial charge in [-0.25, -0.2) is 0 Å². The van der Waals surface area contributed by atoms with Crippen LogP contribution in [0.15, 0.2) is 30.3 Å². The van der Waals surface area contributed by atoms with Crippen molar-refractivity contribution < 1.29 is 66.4 Å². The first-order valence-corrected chi connectivity index (χ1v) is 3.15. The van der Waals surface area contributed by atoms with E-state index in [9.17, 15) is 9.90 Å². The second kappa shape index (κ2) is 5.85. The van der Waals surface area contributed by atoms with Crippen molar-refractivity contribution in [3.8, 4) is 0 Å². The summed E-state index contributed by atoms with van der Waals surface area (Å²) in [5, 5.41) is 19.1. The molecule has 0 aliphatic carbocycles. The number of carboxylic acids is 1. The standard InChI is InChI=1S/C8H8O3.K/c9-7(8(10)11)6-4-2-1-3-5-6;/h1-5,7,9H,(H,10,11);/q;+1/p-1/t7-;/m1./s1. The largest absolute Gasteiger partial charge is 1.00 e. The number of carbonyl (C=O) groups is 1. The number of carboxylic acid groups (broad SMARTS) is 1. The van der Waals surface area contributed by atoms with Crippen LogP contribution >= 0.6 is 0 Å². The van der Waals surface area contributed by atoms with Gasteiger partial charge in [-0.3, -0.25) is 0 Å². The Labute approximate surface area is 113 Å². The Morgan fingerprint density at radius 3 is 2.25 bits per heavy atom. The van der Waals surface area contributed by atoms with E-state index in [1.807, 2.05) is 0 Å². The average molecular weight is 190 g/mol. The van der Waals surface area contributed by atoms with Crippen LogP contribution in [0.5, 0.6) is 0 Å². The molecule has 1 atom stereocenters. The van der Waals surface area contributed by atoms with Gasteiger partial charge in [0, 0.05) is 0 Å². The maximum atomic E-state index is 10.1. The van der Waals surface area contributed by atoms with Crippen molar-refractivity contribution in [3.05, 3.63) is 35.9 Å². The topological polar surface area (TPSA) is 60.4 Å². The van der Waals surface area contributed by atoms with Gasteiger partial charge in [-0.15, -0.1) is 0 Å². The van der Waals surface area contributed by atoms with Gasteiger partial charge in [0.2, 0.25) is 0 Å². The molecule has 1 rings (SSSR count). The minimum absolute atomic E-state index is 0. The molecule has 1 N–H and O–H groups in total. The van der Waals surface area contributed by atoms with Crippen LogP contribution in [0.4, 0.5) is 0 Å². The summed E-state index contributed by atoms with van der Waals surface area (Å²) >= 11 is 0. The fraction of sp³-hybridized carbons (Fsp3) is 0.125. The molecule has 1 aromatic rings. The molecule has 0 unspecified atom stereocenters. The van der Waals surface area contributed by atoms with Gasteiger partial charge >= 0.3 is 51.4 Å². The Kier molecular flexibility index (Phi) is 5.99. The first-order chi connectivity index (χ1) is 5.22. The summed E-state index contributed by atoms with van der Waals surface area (Å²) in [5.74, 6) is -1.48. The summed E-state index contributed by atoms with van der Waals surface area (Å²) in [4.78, 5) is 10.1. The monoisotopic (exact) mass is 190 g/mol. The Morgan fingerprint density at radius 1 is 1.33 bits per heavy atom. The van der Waals surface area contributed by atoms with Crippen LogP contribution in [0.3, 0.4) is 0 Å². The third-order valence-electron chi connectivity index (χ3n) is 1.34. The molecule has 3 nitrogen and oxygen atoms in total. The summed E-state index contributed by atoms with van der Waals surface area (Å²) in [6, 6.07) is 8.11. The number of aliphatic hydroxyl groups is 1. The Balaban J connectivity index is 0.00000121. The van der Waals surface area contributed by atoms with Gasteiger partial charge < -0.3 is 15.0 Å². The van der Waals surface area contributed by atoms with E-state index < -0.39 is 12.1 Å². The van der Waals surface area contributed by atoms with Crippen molar-refractivity contribution in [2.45, 2.75) is 6.10 Å². The molecular formula is C8H7KO3. The fourth-order valence-electron chi connectivity index (χ4n) is 0.771. The molecule has 0 amide bonds. The zero-order valence-corrected chi connectivity index (χ0v) is 9.85. The Morgan fingerprint density at radius 2 is 1.83 bits per heavy atom. The summed E-state index contributed by atoms with van der Waals surface area (Å²) in [6.07, 6.45) is -1.52. The summed E-state index contributed by atoms with van der Waals surface area (Å²) in [5.41, 5.74) is 0.340. The van der Waals surface area contributed by atoms with Crippen LogP contribution in [0, 0.1) is 0 Å². The van der Waals surface area contributed by atoms with E-state index in [0.717, 1.165) is 0 Å². The van der Waals surface area contributed by atoms with Gasteiger partial charge in [0.1, 0.15) is 6.10 Å². The van der Waals surface area contributed by atoms with Crippen LogP contribution < -0.4 is 56.5 Å². The number of carbonyl (C=O) groups excluding carboxylic acids is 1. The van der Waals surface area contributed by atoms with Crippen molar-refractivity contribution in [2.24, 2.45) is 0 Å². The molecule has 0 bridgehead atoms. The van der Waals surface area contributed by atoms with Gasteiger partial charge in [-0.2, -0.15) is 0 Å². The second-order valence-corrected chi connectivity index (χ2v) is 2.13. The molecule has 0 aromatic heterocycles. The maximum Gasteiger partial charge on any atom is 1.00 e. The van der Waals surface area contributed by atoms with Crippen LogP contribution in [-0.2, 0) is 4.79 Å². The molecule has 12 heavy (non-hydrogen) atoms. The number of aliphatic hydroxyl groups excluding tert-OH is 1. The van der Waals surface area contributed by atoms with Gasteiger partial charge in [0.05, 0.1) is 5.97 Å². The number of hydrogen-bond acceptors (Lipinski definition) is 3. The van der Waals surface area contributed by atoms with Gasteiger partial charge in [0.15, 0.2) is 0 Å². The molecule has 0 aliphatic rings. The SMILES string of the molecule is O=C([O-])[C@H](O)c1ccccc1.[K+]. The van der Waals surface area contributed by atoms with Crippen LogP contribution in [0.1, 0.15) is 11.7 Å².